The van der Waals surface area contributed by atoms with E-state index in [0.29, 0.717) is 73.6 Å². The molecule has 1 aromatic heterocycles. The Morgan fingerprint density at radius 3 is 2.02 bits per heavy atom. The van der Waals surface area contributed by atoms with Crippen molar-refractivity contribution < 1.29 is 19.1 Å². The van der Waals surface area contributed by atoms with Gasteiger partial charge in [-0.3, -0.25) is 9.69 Å². The minimum atomic E-state index is -0.374. The molecule has 3 aromatic rings. The van der Waals surface area contributed by atoms with Crippen molar-refractivity contribution in [2.75, 3.05) is 86.1 Å². The second kappa shape index (κ2) is 14.4. The quantitative estimate of drug-likeness (QED) is 0.386. The number of piperazine rings is 1. The normalized spacial score (nSPS) is 22.2. The Hall–Kier alpha value is -4.33. The molecule has 3 aliphatic heterocycles. The van der Waals surface area contributed by atoms with Gasteiger partial charge in [0.25, 0.3) is 5.91 Å². The van der Waals surface area contributed by atoms with Crippen molar-refractivity contribution in [2.24, 2.45) is 0 Å². The monoisotopic (exact) mass is 655 g/mol. The number of urea groups is 1. The second-order valence-electron chi connectivity index (χ2n) is 13.1. The molecule has 0 spiro atoms. The van der Waals surface area contributed by atoms with E-state index in [1.54, 1.807) is 24.3 Å². The van der Waals surface area contributed by atoms with Crippen LogP contribution in [0.15, 0.2) is 48.5 Å². The number of carbonyl (C=O) groups is 2. The van der Waals surface area contributed by atoms with Crippen molar-refractivity contribution in [1.82, 2.24) is 24.8 Å². The van der Waals surface area contributed by atoms with Gasteiger partial charge in [0.1, 0.15) is 0 Å². The summed E-state index contributed by atoms with van der Waals surface area (Å²) in [5.74, 6) is 1.87. The summed E-state index contributed by atoms with van der Waals surface area (Å²) in [5, 5.41) is 5.76. The summed E-state index contributed by atoms with van der Waals surface area (Å²) >= 11 is 0. The lowest BCUT2D eigenvalue weighted by Crippen LogP contribution is -2.57. The van der Waals surface area contributed by atoms with E-state index in [9.17, 15) is 9.59 Å². The van der Waals surface area contributed by atoms with E-state index < -0.39 is 0 Å². The molecule has 13 nitrogen and oxygen atoms in total. The van der Waals surface area contributed by atoms with Gasteiger partial charge < -0.3 is 34.8 Å². The number of morpholine rings is 2. The summed E-state index contributed by atoms with van der Waals surface area (Å²) in [6, 6.07) is 15.0. The average Bonchev–Trinajstić information content (AvgIpc) is 3.08. The van der Waals surface area contributed by atoms with Crippen molar-refractivity contribution in [1.29, 1.82) is 0 Å². The summed E-state index contributed by atoms with van der Waals surface area (Å²) in [6.45, 7) is 11.5. The number of carbonyl (C=O) groups excluding carboxylic acids is 2. The van der Waals surface area contributed by atoms with Crippen LogP contribution in [0.2, 0.25) is 0 Å². The fourth-order valence-electron chi connectivity index (χ4n) is 6.76. The van der Waals surface area contributed by atoms with Crippen molar-refractivity contribution in [3.63, 3.8) is 0 Å². The fourth-order valence-corrected chi connectivity index (χ4v) is 6.76. The van der Waals surface area contributed by atoms with Crippen LogP contribution in [-0.2, 0) is 9.47 Å². The first kappa shape index (κ1) is 32.2. The van der Waals surface area contributed by atoms with Gasteiger partial charge >= 0.3 is 6.03 Å². The molecule has 48 heavy (non-hydrogen) atoms. The van der Waals surface area contributed by atoms with Crippen molar-refractivity contribution in [3.05, 3.63) is 54.1 Å². The Labute approximate surface area is 281 Å². The third-order valence-electron chi connectivity index (χ3n) is 9.73. The van der Waals surface area contributed by atoms with Gasteiger partial charge in [0.15, 0.2) is 5.82 Å². The van der Waals surface area contributed by atoms with Crippen LogP contribution < -0.4 is 20.4 Å². The maximum absolute atomic E-state index is 13.3. The van der Waals surface area contributed by atoms with Crippen LogP contribution in [0.4, 0.5) is 28.1 Å². The van der Waals surface area contributed by atoms with Crippen molar-refractivity contribution in [2.45, 2.75) is 51.3 Å². The van der Waals surface area contributed by atoms with Gasteiger partial charge in [0.2, 0.25) is 11.9 Å². The molecule has 3 saturated heterocycles. The smallest absolute Gasteiger partial charge is 0.323 e. The lowest BCUT2D eigenvalue weighted by Gasteiger charge is -2.46. The van der Waals surface area contributed by atoms with Gasteiger partial charge in [-0.05, 0) is 75.2 Å². The zero-order valence-electron chi connectivity index (χ0n) is 27.8. The lowest BCUT2D eigenvalue weighted by molar-refractivity contribution is 0.0253. The van der Waals surface area contributed by atoms with Crippen LogP contribution in [0.25, 0.3) is 11.4 Å². The van der Waals surface area contributed by atoms with E-state index in [2.05, 4.69) is 39.2 Å². The number of nitrogens with zero attached hydrogens (tertiary/aromatic N) is 7. The number of hydrogen-bond acceptors (Lipinski definition) is 10. The number of benzene rings is 2. The number of hydrogen-bond donors (Lipinski definition) is 2. The minimum absolute atomic E-state index is 0.0358. The van der Waals surface area contributed by atoms with Crippen LogP contribution in [0.3, 0.4) is 0 Å². The Morgan fingerprint density at radius 2 is 1.40 bits per heavy atom. The summed E-state index contributed by atoms with van der Waals surface area (Å²) in [4.78, 5) is 49.4. The maximum Gasteiger partial charge on any atom is 0.323 e. The molecule has 1 saturated carbocycles. The predicted molar refractivity (Wildman–Crippen MR) is 185 cm³/mol. The number of ether oxygens (including phenoxy) is 2. The number of nitrogens with one attached hydrogen (secondary N) is 2. The molecule has 2 aromatic carbocycles. The molecule has 1 aliphatic carbocycles. The highest BCUT2D eigenvalue weighted by Gasteiger charge is 2.33. The highest BCUT2D eigenvalue weighted by Crippen LogP contribution is 2.28. The van der Waals surface area contributed by atoms with Crippen LogP contribution in [-0.4, -0.2) is 121 Å². The highest BCUT2D eigenvalue weighted by molar-refractivity contribution is 6.00. The van der Waals surface area contributed by atoms with E-state index in [0.717, 1.165) is 38.3 Å². The second-order valence-corrected chi connectivity index (χ2v) is 13.1. The molecule has 7 rings (SSSR count). The zero-order valence-corrected chi connectivity index (χ0v) is 27.8. The van der Waals surface area contributed by atoms with E-state index in [1.807, 2.05) is 29.2 Å². The molecular weight excluding hydrogens is 610 g/mol. The van der Waals surface area contributed by atoms with Gasteiger partial charge in [-0.2, -0.15) is 15.0 Å². The highest BCUT2D eigenvalue weighted by atomic mass is 16.5. The van der Waals surface area contributed by atoms with E-state index in [-0.39, 0.29) is 24.1 Å². The summed E-state index contributed by atoms with van der Waals surface area (Å²) in [6.07, 6.45) is 3.97. The van der Waals surface area contributed by atoms with Gasteiger partial charge in [-0.1, -0.05) is 6.42 Å². The third-order valence-corrected chi connectivity index (χ3v) is 9.73. The van der Waals surface area contributed by atoms with Crippen LogP contribution in [0.5, 0.6) is 0 Å². The minimum Gasteiger partial charge on any atom is -0.378 e. The van der Waals surface area contributed by atoms with Crippen LogP contribution in [0, 0.1) is 0 Å². The Kier molecular flexibility index (Phi) is 9.68. The molecule has 0 bridgehead atoms. The SMILES string of the molecule is CC1CN(c2nc(-c3ccc(NC(=O)Nc4ccc(C(=O)N5CCN(C6CCC6)CC5C)cc4)cc3)nc(N3CCOCC3)n2)CCO1. The first-order chi connectivity index (χ1) is 23.4. The number of amides is 3. The molecule has 2 unspecified atom stereocenters. The van der Waals surface area contributed by atoms with E-state index in [1.165, 1.54) is 19.3 Å². The summed E-state index contributed by atoms with van der Waals surface area (Å²) in [7, 11) is 0. The molecule has 2 atom stereocenters. The summed E-state index contributed by atoms with van der Waals surface area (Å²) < 4.78 is 11.3. The molecule has 4 aliphatic rings. The Morgan fingerprint density at radius 1 is 0.750 bits per heavy atom. The van der Waals surface area contributed by atoms with Gasteiger partial charge in [-0.15, -0.1) is 0 Å². The van der Waals surface area contributed by atoms with Crippen molar-refractivity contribution >= 4 is 35.2 Å². The lowest BCUT2D eigenvalue weighted by atomic mass is 9.90. The molecule has 254 valence electrons. The fraction of sp³-hybridized carbons (Fsp3) is 0.514. The van der Waals surface area contributed by atoms with Gasteiger partial charge in [0, 0.05) is 80.4 Å². The first-order valence-electron chi connectivity index (χ1n) is 17.2. The molecule has 0 radical (unpaired) electrons. The van der Waals surface area contributed by atoms with Crippen molar-refractivity contribution in [3.8, 4) is 11.4 Å². The third kappa shape index (κ3) is 7.38. The number of aromatic nitrogens is 3. The van der Waals surface area contributed by atoms with E-state index >= 15 is 0 Å². The first-order valence-corrected chi connectivity index (χ1v) is 17.2. The molecule has 2 N–H and O–H groups in total. The molecule has 3 amide bonds. The maximum atomic E-state index is 13.3. The number of anilines is 4. The Bertz CT molecular complexity index is 1580. The van der Waals surface area contributed by atoms with Gasteiger partial charge in [0.05, 0.1) is 25.9 Å². The molecule has 13 heteroatoms. The molecular formula is C35H45N9O4. The number of rotatable bonds is 7. The topological polar surface area (TPSA) is 128 Å². The Balaban J connectivity index is 0.972. The van der Waals surface area contributed by atoms with E-state index in [4.69, 9.17) is 24.4 Å². The van der Waals surface area contributed by atoms with Crippen LogP contribution in [0.1, 0.15) is 43.5 Å². The van der Waals surface area contributed by atoms with Gasteiger partial charge in [-0.25, -0.2) is 4.79 Å². The summed E-state index contributed by atoms with van der Waals surface area (Å²) in [5.41, 5.74) is 2.68. The molecule has 4 fully saturated rings. The largest absolute Gasteiger partial charge is 0.378 e. The predicted octanol–water partition coefficient (Wildman–Crippen LogP) is 3.94. The molecule has 4 heterocycles. The average molecular weight is 656 g/mol. The zero-order chi connectivity index (χ0) is 33.0. The standard InChI is InChI=1S/C35H45N9O4/c1-24-22-42(30-4-3-5-30)14-15-44(24)32(45)27-8-12-29(13-9-27)37-35(46)36-28-10-6-26(7-11-28)31-38-33(41-16-19-47-20-17-41)40-34(39-31)43-18-21-48-25(2)23-43/h6-13,24-25,30H,3-5,14-23H2,1-2H3,(H2,36,37,46). The van der Waals surface area contributed by atoms with Crippen LogP contribution >= 0.6 is 0 Å².